The summed E-state index contributed by atoms with van der Waals surface area (Å²) in [5, 5.41) is 8.98. The molecule has 0 aliphatic heterocycles. The van der Waals surface area contributed by atoms with E-state index in [1.165, 1.54) is 0 Å². The molecule has 5 heteroatoms. The van der Waals surface area contributed by atoms with Crippen molar-refractivity contribution in [2.75, 3.05) is 18.6 Å². The van der Waals surface area contributed by atoms with Crippen molar-refractivity contribution in [3.05, 3.63) is 35.4 Å². The first-order valence-electron chi connectivity index (χ1n) is 6.47. The van der Waals surface area contributed by atoms with Crippen molar-refractivity contribution in [3.63, 3.8) is 0 Å². The summed E-state index contributed by atoms with van der Waals surface area (Å²) in [7, 11) is -1.02. The Balaban J connectivity index is 2.60. The molecule has 4 nitrogen and oxygen atoms in total. The Morgan fingerprint density at radius 3 is 2.21 bits per heavy atom. The standard InChI is InChI=1S/C14H23NO3S/c1-4-19(17,18)11-12(2)15(3)9-13-5-7-14(10-16)8-6-13/h5-8,12,16H,4,9-11H2,1-3H3. The minimum absolute atomic E-state index is 0.0116. The molecule has 1 atom stereocenters. The zero-order chi connectivity index (χ0) is 14.5. The zero-order valence-electron chi connectivity index (χ0n) is 11.8. The van der Waals surface area contributed by atoms with Crippen LogP contribution in [0.3, 0.4) is 0 Å². The van der Waals surface area contributed by atoms with E-state index in [4.69, 9.17) is 5.11 Å². The second kappa shape index (κ2) is 7.03. The van der Waals surface area contributed by atoms with Crippen LogP contribution in [0.25, 0.3) is 0 Å². The molecule has 0 saturated heterocycles. The molecule has 0 fully saturated rings. The molecule has 19 heavy (non-hydrogen) atoms. The first-order valence-corrected chi connectivity index (χ1v) is 8.29. The maximum atomic E-state index is 11.6. The summed E-state index contributed by atoms with van der Waals surface area (Å²) in [6.45, 7) is 4.35. The van der Waals surface area contributed by atoms with Crippen molar-refractivity contribution >= 4 is 9.84 Å². The Labute approximate surface area is 116 Å². The summed E-state index contributed by atoms with van der Waals surface area (Å²) in [6, 6.07) is 7.68. The zero-order valence-corrected chi connectivity index (χ0v) is 12.7. The summed E-state index contributed by atoms with van der Waals surface area (Å²) < 4.78 is 23.2. The lowest BCUT2D eigenvalue weighted by atomic mass is 10.1. The van der Waals surface area contributed by atoms with Crippen LogP contribution in [0.15, 0.2) is 24.3 Å². The summed E-state index contributed by atoms with van der Waals surface area (Å²) in [4.78, 5) is 2.03. The van der Waals surface area contributed by atoms with Gasteiger partial charge in [0.2, 0.25) is 0 Å². The van der Waals surface area contributed by atoms with Crippen molar-refractivity contribution in [1.29, 1.82) is 0 Å². The number of hydrogen-bond acceptors (Lipinski definition) is 4. The van der Waals surface area contributed by atoms with Gasteiger partial charge in [-0.1, -0.05) is 31.2 Å². The minimum Gasteiger partial charge on any atom is -0.392 e. The van der Waals surface area contributed by atoms with Crippen molar-refractivity contribution in [2.24, 2.45) is 0 Å². The van der Waals surface area contributed by atoms with Gasteiger partial charge in [0, 0.05) is 18.3 Å². The van der Waals surface area contributed by atoms with Crippen LogP contribution in [-0.4, -0.2) is 43.0 Å². The fourth-order valence-corrected chi connectivity index (χ4v) is 3.03. The number of hydrogen-bond donors (Lipinski definition) is 1. The van der Waals surface area contributed by atoms with Gasteiger partial charge < -0.3 is 5.11 Å². The van der Waals surface area contributed by atoms with Gasteiger partial charge >= 0.3 is 0 Å². The maximum Gasteiger partial charge on any atom is 0.151 e. The Hall–Kier alpha value is -0.910. The van der Waals surface area contributed by atoms with Crippen molar-refractivity contribution < 1.29 is 13.5 Å². The van der Waals surface area contributed by atoms with Gasteiger partial charge in [0.25, 0.3) is 0 Å². The highest BCUT2D eigenvalue weighted by atomic mass is 32.2. The van der Waals surface area contributed by atoms with E-state index in [-0.39, 0.29) is 24.2 Å². The second-order valence-corrected chi connectivity index (χ2v) is 7.34. The second-order valence-electron chi connectivity index (χ2n) is 4.94. The van der Waals surface area contributed by atoms with Gasteiger partial charge in [-0.15, -0.1) is 0 Å². The van der Waals surface area contributed by atoms with E-state index in [0.717, 1.165) is 11.1 Å². The van der Waals surface area contributed by atoms with Gasteiger partial charge in [-0.2, -0.15) is 0 Å². The third kappa shape index (κ3) is 5.30. The number of nitrogens with zero attached hydrogens (tertiary/aromatic N) is 1. The number of benzene rings is 1. The number of rotatable bonds is 7. The molecular weight excluding hydrogens is 262 g/mol. The lowest BCUT2D eigenvalue weighted by Crippen LogP contribution is -2.35. The first-order chi connectivity index (χ1) is 8.88. The third-order valence-corrected chi connectivity index (χ3v) is 5.19. The molecule has 108 valence electrons. The molecular formula is C14H23NO3S. The lowest BCUT2D eigenvalue weighted by molar-refractivity contribution is 0.266. The lowest BCUT2D eigenvalue weighted by Gasteiger charge is -2.24. The van der Waals surface area contributed by atoms with Crippen molar-refractivity contribution in [1.82, 2.24) is 4.90 Å². The highest BCUT2D eigenvalue weighted by molar-refractivity contribution is 7.91. The summed E-state index contributed by atoms with van der Waals surface area (Å²) >= 11 is 0. The van der Waals surface area contributed by atoms with E-state index in [2.05, 4.69) is 0 Å². The predicted octanol–water partition coefficient (Wildman–Crippen LogP) is 1.43. The molecule has 0 bridgehead atoms. The normalized spacial score (nSPS) is 13.7. The summed E-state index contributed by atoms with van der Waals surface area (Å²) in [5.74, 6) is 0.380. The van der Waals surface area contributed by atoms with Crippen molar-refractivity contribution in [2.45, 2.75) is 33.0 Å². The third-order valence-electron chi connectivity index (χ3n) is 3.32. The molecule has 0 aliphatic rings. The fourth-order valence-electron chi connectivity index (χ4n) is 1.81. The molecule has 0 aromatic heterocycles. The van der Waals surface area contributed by atoms with Gasteiger partial charge in [-0.05, 0) is 25.1 Å². The topological polar surface area (TPSA) is 57.6 Å². The minimum atomic E-state index is -2.94. The highest BCUT2D eigenvalue weighted by Crippen LogP contribution is 2.10. The van der Waals surface area contributed by atoms with Crippen LogP contribution >= 0.6 is 0 Å². The van der Waals surface area contributed by atoms with Crippen molar-refractivity contribution in [3.8, 4) is 0 Å². The average molecular weight is 285 g/mol. The molecule has 0 heterocycles. The van der Waals surface area contributed by atoms with E-state index in [1.54, 1.807) is 6.92 Å². The van der Waals surface area contributed by atoms with Gasteiger partial charge in [0.05, 0.1) is 12.4 Å². The van der Waals surface area contributed by atoms with E-state index < -0.39 is 9.84 Å². The van der Waals surface area contributed by atoms with E-state index >= 15 is 0 Å². The smallest absolute Gasteiger partial charge is 0.151 e. The van der Waals surface area contributed by atoms with Crippen LogP contribution in [0.1, 0.15) is 25.0 Å². The van der Waals surface area contributed by atoms with Crippen LogP contribution in [0.5, 0.6) is 0 Å². The van der Waals surface area contributed by atoms with Crippen LogP contribution in [0, 0.1) is 0 Å². The molecule has 1 aromatic carbocycles. The molecule has 0 radical (unpaired) electrons. The SMILES string of the molecule is CCS(=O)(=O)CC(C)N(C)Cc1ccc(CO)cc1. The van der Waals surface area contributed by atoms with Gasteiger partial charge in [-0.25, -0.2) is 8.42 Å². The number of aliphatic hydroxyl groups is 1. The molecule has 1 aromatic rings. The van der Waals surface area contributed by atoms with E-state index in [0.29, 0.717) is 6.54 Å². The van der Waals surface area contributed by atoms with E-state index in [1.807, 2.05) is 43.1 Å². The van der Waals surface area contributed by atoms with E-state index in [9.17, 15) is 8.42 Å². The Morgan fingerprint density at radius 1 is 1.21 bits per heavy atom. The largest absolute Gasteiger partial charge is 0.392 e. The van der Waals surface area contributed by atoms with Crippen LogP contribution in [0.2, 0.25) is 0 Å². The summed E-state index contributed by atoms with van der Waals surface area (Å²) in [6.07, 6.45) is 0. The molecule has 0 aliphatic carbocycles. The average Bonchev–Trinajstić information content (AvgIpc) is 2.39. The molecule has 0 spiro atoms. The fraction of sp³-hybridized carbons (Fsp3) is 0.571. The number of sulfone groups is 1. The first kappa shape index (κ1) is 16.1. The predicted molar refractivity (Wildman–Crippen MR) is 77.6 cm³/mol. The molecule has 1 unspecified atom stereocenters. The van der Waals surface area contributed by atoms with Gasteiger partial charge in [0.15, 0.2) is 9.84 Å². The van der Waals surface area contributed by atoms with Gasteiger partial charge in [-0.3, -0.25) is 4.90 Å². The van der Waals surface area contributed by atoms with Crippen LogP contribution in [0.4, 0.5) is 0 Å². The molecule has 1 N–H and O–H groups in total. The van der Waals surface area contributed by atoms with Crippen LogP contribution in [-0.2, 0) is 23.0 Å². The molecule has 1 rings (SSSR count). The molecule has 0 saturated carbocycles. The Bertz CT molecular complexity index is 482. The highest BCUT2D eigenvalue weighted by Gasteiger charge is 2.17. The van der Waals surface area contributed by atoms with Gasteiger partial charge in [0.1, 0.15) is 0 Å². The quantitative estimate of drug-likeness (QED) is 0.823. The number of aliphatic hydroxyl groups excluding tert-OH is 1. The Kier molecular flexibility index (Phi) is 5.97. The maximum absolute atomic E-state index is 11.6. The van der Waals surface area contributed by atoms with Crippen LogP contribution < -0.4 is 0 Å². The summed E-state index contributed by atoms with van der Waals surface area (Å²) in [5.41, 5.74) is 1.99. The molecule has 0 amide bonds. The Morgan fingerprint density at radius 2 is 1.74 bits per heavy atom. The monoisotopic (exact) mass is 285 g/mol.